The maximum absolute atomic E-state index is 11.5. The first kappa shape index (κ1) is 24.9. The van der Waals surface area contributed by atoms with Gasteiger partial charge in [0.2, 0.25) is 0 Å². The Morgan fingerprint density at radius 2 is 1.93 bits per heavy atom. The zero-order chi connectivity index (χ0) is 20.7. The molecule has 2 aromatic rings. The summed E-state index contributed by atoms with van der Waals surface area (Å²) in [6.45, 7) is 9.64. The second-order valence-electron chi connectivity index (χ2n) is 6.91. The van der Waals surface area contributed by atoms with Crippen LogP contribution >= 0.6 is 24.0 Å². The average molecular weight is 513 g/mol. The molecule has 0 spiro atoms. The third-order valence-corrected chi connectivity index (χ3v) is 4.69. The number of aromatic nitrogens is 2. The van der Waals surface area contributed by atoms with Crippen LogP contribution in [0.4, 0.5) is 0 Å². The Bertz CT molecular complexity index is 830. The van der Waals surface area contributed by atoms with Gasteiger partial charge >= 0.3 is 5.97 Å². The molecule has 0 fully saturated rings. The summed E-state index contributed by atoms with van der Waals surface area (Å²) < 4.78 is 6.65. The number of hydrogen-bond acceptors (Lipinski definition) is 4. The molecule has 8 heteroatoms. The molecule has 0 amide bonds. The number of carbonyl (C=O) groups excluding carboxylic acids is 1. The van der Waals surface area contributed by atoms with Gasteiger partial charge in [-0.05, 0) is 57.4 Å². The van der Waals surface area contributed by atoms with Crippen molar-refractivity contribution in [1.29, 1.82) is 0 Å². The summed E-state index contributed by atoms with van der Waals surface area (Å²) in [5.41, 5.74) is 5.10. The van der Waals surface area contributed by atoms with Crippen LogP contribution in [0.25, 0.3) is 0 Å². The number of halogens is 1. The molecule has 2 rings (SSSR count). The van der Waals surface area contributed by atoms with Crippen LogP contribution in [0.5, 0.6) is 0 Å². The fourth-order valence-corrected chi connectivity index (χ4v) is 3.06. The molecular weight excluding hydrogens is 481 g/mol. The van der Waals surface area contributed by atoms with Gasteiger partial charge in [-0.2, -0.15) is 5.10 Å². The van der Waals surface area contributed by atoms with E-state index in [4.69, 9.17) is 4.74 Å². The molecule has 29 heavy (non-hydrogen) atoms. The van der Waals surface area contributed by atoms with Crippen LogP contribution in [0.3, 0.4) is 0 Å². The Hall–Kier alpha value is -2.10. The van der Waals surface area contributed by atoms with Crippen LogP contribution in [-0.4, -0.2) is 41.4 Å². The van der Waals surface area contributed by atoms with Crippen LogP contribution < -0.4 is 10.6 Å². The largest absolute Gasteiger partial charge is 0.465 e. The average Bonchev–Trinajstić information content (AvgIpc) is 2.92. The third-order valence-electron chi connectivity index (χ3n) is 4.69. The van der Waals surface area contributed by atoms with Crippen molar-refractivity contribution in [3.8, 4) is 0 Å². The standard InChI is InChI=1S/C21H31N5O2.HI/c1-7-22-21(23-13-17-8-10-18(11-9-17)20(27)28-6)24-14(2)12-19-15(3)25-26(5)16(19)4;/h8-11,14H,7,12-13H2,1-6H3,(H2,22,23,24);1H. The van der Waals surface area contributed by atoms with E-state index in [2.05, 4.69) is 34.6 Å². The predicted octanol–water partition coefficient (Wildman–Crippen LogP) is 3.13. The highest BCUT2D eigenvalue weighted by Gasteiger charge is 2.14. The second-order valence-corrected chi connectivity index (χ2v) is 6.91. The zero-order valence-corrected chi connectivity index (χ0v) is 20.4. The summed E-state index contributed by atoms with van der Waals surface area (Å²) in [6, 6.07) is 7.51. The Labute approximate surface area is 190 Å². The molecule has 160 valence electrons. The van der Waals surface area contributed by atoms with Crippen molar-refractivity contribution in [3.63, 3.8) is 0 Å². The molecular formula is C21H32IN5O2. The maximum Gasteiger partial charge on any atom is 0.337 e. The minimum Gasteiger partial charge on any atom is -0.465 e. The van der Waals surface area contributed by atoms with Gasteiger partial charge in [0.05, 0.1) is 24.9 Å². The second kappa shape index (κ2) is 11.8. The zero-order valence-electron chi connectivity index (χ0n) is 18.1. The molecule has 1 atom stereocenters. The van der Waals surface area contributed by atoms with E-state index in [-0.39, 0.29) is 36.0 Å². The Balaban J connectivity index is 0.00000420. The first-order valence-corrected chi connectivity index (χ1v) is 9.56. The highest BCUT2D eigenvalue weighted by molar-refractivity contribution is 14.0. The third kappa shape index (κ3) is 7.02. The van der Waals surface area contributed by atoms with Gasteiger partial charge < -0.3 is 15.4 Å². The Morgan fingerprint density at radius 1 is 1.28 bits per heavy atom. The van der Waals surface area contributed by atoms with Gasteiger partial charge in [0.1, 0.15) is 0 Å². The van der Waals surface area contributed by atoms with Crippen LogP contribution in [0.2, 0.25) is 0 Å². The lowest BCUT2D eigenvalue weighted by molar-refractivity contribution is 0.0600. The Kier molecular flexibility index (Phi) is 10.1. The lowest BCUT2D eigenvalue weighted by Crippen LogP contribution is -2.43. The van der Waals surface area contributed by atoms with E-state index >= 15 is 0 Å². The first-order chi connectivity index (χ1) is 13.3. The van der Waals surface area contributed by atoms with E-state index in [0.29, 0.717) is 12.1 Å². The number of rotatable bonds is 7. The summed E-state index contributed by atoms with van der Waals surface area (Å²) in [4.78, 5) is 16.2. The molecule has 1 aromatic carbocycles. The molecule has 0 saturated carbocycles. The monoisotopic (exact) mass is 513 g/mol. The molecule has 0 bridgehead atoms. The molecule has 0 saturated heterocycles. The van der Waals surface area contributed by atoms with E-state index in [0.717, 1.165) is 30.2 Å². The molecule has 1 heterocycles. The number of aliphatic imine (C=N–C) groups is 1. The van der Waals surface area contributed by atoms with Gasteiger partial charge in [-0.1, -0.05) is 12.1 Å². The maximum atomic E-state index is 11.5. The number of nitrogens with zero attached hydrogens (tertiary/aromatic N) is 3. The SMILES string of the molecule is CCNC(=NCc1ccc(C(=O)OC)cc1)NC(C)Cc1c(C)nn(C)c1C.I. The molecule has 1 aromatic heterocycles. The lowest BCUT2D eigenvalue weighted by atomic mass is 10.1. The first-order valence-electron chi connectivity index (χ1n) is 9.56. The van der Waals surface area contributed by atoms with E-state index in [1.807, 2.05) is 37.7 Å². The molecule has 0 aliphatic carbocycles. The fraction of sp³-hybridized carbons (Fsp3) is 0.476. The molecule has 7 nitrogen and oxygen atoms in total. The number of aryl methyl sites for hydroxylation is 2. The fourth-order valence-electron chi connectivity index (χ4n) is 3.06. The van der Waals surface area contributed by atoms with Crippen LogP contribution in [-0.2, 0) is 24.8 Å². The highest BCUT2D eigenvalue weighted by atomic mass is 127. The highest BCUT2D eigenvalue weighted by Crippen LogP contribution is 2.14. The molecule has 0 aliphatic rings. The van der Waals surface area contributed by atoms with Gasteiger partial charge in [-0.15, -0.1) is 24.0 Å². The van der Waals surface area contributed by atoms with Gasteiger partial charge in [-0.3, -0.25) is 4.68 Å². The molecule has 0 radical (unpaired) electrons. The number of methoxy groups -OCH3 is 1. The minimum atomic E-state index is -0.333. The van der Waals surface area contributed by atoms with Crippen molar-refractivity contribution in [1.82, 2.24) is 20.4 Å². The number of esters is 1. The lowest BCUT2D eigenvalue weighted by Gasteiger charge is -2.18. The van der Waals surface area contributed by atoms with E-state index in [9.17, 15) is 4.79 Å². The predicted molar refractivity (Wildman–Crippen MR) is 127 cm³/mol. The van der Waals surface area contributed by atoms with Crippen LogP contribution in [0, 0.1) is 13.8 Å². The van der Waals surface area contributed by atoms with E-state index in [1.54, 1.807) is 12.1 Å². The molecule has 2 N–H and O–H groups in total. The molecule has 1 unspecified atom stereocenters. The summed E-state index contributed by atoms with van der Waals surface area (Å²) in [6.07, 6.45) is 0.879. The quantitative estimate of drug-likeness (QED) is 0.258. The van der Waals surface area contributed by atoms with Crippen LogP contribution in [0.1, 0.15) is 46.7 Å². The number of nitrogens with one attached hydrogen (secondary N) is 2. The number of hydrogen-bond donors (Lipinski definition) is 2. The normalized spacial score (nSPS) is 12.1. The van der Waals surface area contributed by atoms with Crippen molar-refractivity contribution in [3.05, 3.63) is 52.3 Å². The van der Waals surface area contributed by atoms with Crippen molar-refractivity contribution in [2.24, 2.45) is 12.0 Å². The van der Waals surface area contributed by atoms with Gasteiger partial charge in [-0.25, -0.2) is 9.79 Å². The van der Waals surface area contributed by atoms with Crippen molar-refractivity contribution in [2.75, 3.05) is 13.7 Å². The van der Waals surface area contributed by atoms with Crippen molar-refractivity contribution < 1.29 is 9.53 Å². The van der Waals surface area contributed by atoms with E-state index in [1.165, 1.54) is 18.4 Å². The summed E-state index contributed by atoms with van der Waals surface area (Å²) in [5.74, 6) is 0.436. The van der Waals surface area contributed by atoms with Crippen molar-refractivity contribution in [2.45, 2.75) is 46.7 Å². The van der Waals surface area contributed by atoms with E-state index < -0.39 is 0 Å². The summed E-state index contributed by atoms with van der Waals surface area (Å²) in [5, 5.41) is 11.2. The summed E-state index contributed by atoms with van der Waals surface area (Å²) in [7, 11) is 3.35. The number of benzene rings is 1. The van der Waals surface area contributed by atoms with Crippen molar-refractivity contribution >= 4 is 35.9 Å². The van der Waals surface area contributed by atoms with Gasteiger partial charge in [0.25, 0.3) is 0 Å². The van der Waals surface area contributed by atoms with Gasteiger partial charge in [0, 0.05) is 25.3 Å². The number of carbonyl (C=O) groups is 1. The van der Waals surface area contributed by atoms with Gasteiger partial charge in [0.15, 0.2) is 5.96 Å². The number of ether oxygens (including phenoxy) is 1. The topological polar surface area (TPSA) is 80.5 Å². The molecule has 0 aliphatic heterocycles. The van der Waals surface area contributed by atoms with Crippen LogP contribution in [0.15, 0.2) is 29.3 Å². The summed E-state index contributed by atoms with van der Waals surface area (Å²) >= 11 is 0. The smallest absolute Gasteiger partial charge is 0.337 e. The number of guanidine groups is 1. The Morgan fingerprint density at radius 3 is 2.45 bits per heavy atom. The minimum absolute atomic E-state index is 0.